The molecule has 0 aliphatic carbocycles. The van der Waals surface area contributed by atoms with Gasteiger partial charge in [0.15, 0.2) is 0 Å². The lowest BCUT2D eigenvalue weighted by Crippen LogP contribution is -2.39. The van der Waals surface area contributed by atoms with Gasteiger partial charge in [-0.1, -0.05) is 20.3 Å². The van der Waals surface area contributed by atoms with Crippen molar-refractivity contribution in [2.24, 2.45) is 5.92 Å². The number of nitrogens with zero attached hydrogens (tertiary/aromatic N) is 1. The molecule has 0 atom stereocenters. The lowest BCUT2D eigenvalue weighted by Gasteiger charge is -2.31. The molecule has 1 rings (SSSR count). The highest BCUT2D eigenvalue weighted by molar-refractivity contribution is 4.73. The third-order valence-electron chi connectivity index (χ3n) is 3.76. The van der Waals surface area contributed by atoms with Crippen LogP contribution in [0.2, 0.25) is 0 Å². The summed E-state index contributed by atoms with van der Waals surface area (Å²) in [6.45, 7) is 12.3. The molecule has 0 radical (unpaired) electrons. The van der Waals surface area contributed by atoms with Crippen LogP contribution < -0.4 is 5.32 Å². The lowest BCUT2D eigenvalue weighted by molar-refractivity contribution is 0.0867. The summed E-state index contributed by atoms with van der Waals surface area (Å²) in [5.41, 5.74) is 0. The Morgan fingerprint density at radius 3 is 2.56 bits per heavy atom. The maximum atomic E-state index is 5.63. The van der Waals surface area contributed by atoms with E-state index in [1.165, 1.54) is 58.3 Å². The van der Waals surface area contributed by atoms with Crippen molar-refractivity contribution in [3.05, 3.63) is 0 Å². The van der Waals surface area contributed by atoms with Gasteiger partial charge in [-0.05, 0) is 57.8 Å². The molecule has 1 fully saturated rings. The van der Waals surface area contributed by atoms with Gasteiger partial charge in [-0.15, -0.1) is 0 Å². The van der Waals surface area contributed by atoms with E-state index in [0.29, 0.717) is 0 Å². The van der Waals surface area contributed by atoms with Crippen LogP contribution in [0.5, 0.6) is 0 Å². The fraction of sp³-hybridized carbons (Fsp3) is 1.00. The van der Waals surface area contributed by atoms with E-state index in [1.54, 1.807) is 0 Å². The first-order valence-corrected chi connectivity index (χ1v) is 7.87. The highest BCUT2D eigenvalue weighted by Gasteiger charge is 2.18. The minimum Gasteiger partial charge on any atom is -0.380 e. The fourth-order valence-electron chi connectivity index (χ4n) is 2.44. The van der Waals surface area contributed by atoms with E-state index in [9.17, 15) is 0 Å². The Balaban J connectivity index is 1.94. The molecule has 1 saturated heterocycles. The molecule has 0 aromatic heterocycles. The van der Waals surface area contributed by atoms with Gasteiger partial charge >= 0.3 is 0 Å². The third-order valence-corrected chi connectivity index (χ3v) is 3.76. The number of hydrogen-bond donors (Lipinski definition) is 1. The zero-order valence-electron chi connectivity index (χ0n) is 12.4. The van der Waals surface area contributed by atoms with Gasteiger partial charge in [0.25, 0.3) is 0 Å². The van der Waals surface area contributed by atoms with Gasteiger partial charge in [0.1, 0.15) is 0 Å². The number of nitrogens with one attached hydrogen (secondary N) is 1. The number of piperidine rings is 1. The van der Waals surface area contributed by atoms with Crippen molar-refractivity contribution < 1.29 is 4.74 Å². The number of hydrogen-bond acceptors (Lipinski definition) is 3. The monoisotopic (exact) mass is 256 g/mol. The average molecular weight is 256 g/mol. The van der Waals surface area contributed by atoms with Crippen molar-refractivity contribution in [3.8, 4) is 0 Å². The Morgan fingerprint density at radius 1 is 1.11 bits per heavy atom. The van der Waals surface area contributed by atoms with Crippen molar-refractivity contribution in [3.63, 3.8) is 0 Å². The molecule has 1 N–H and O–H groups in total. The summed E-state index contributed by atoms with van der Waals surface area (Å²) in [7, 11) is 0. The van der Waals surface area contributed by atoms with E-state index in [4.69, 9.17) is 4.74 Å². The quantitative estimate of drug-likeness (QED) is 0.608. The SMILES string of the molecule is CCCCOCCN1CCC(CNCCC)CC1. The summed E-state index contributed by atoms with van der Waals surface area (Å²) in [5, 5.41) is 3.54. The van der Waals surface area contributed by atoms with Crippen molar-refractivity contribution in [1.82, 2.24) is 10.2 Å². The Bertz CT molecular complexity index is 179. The second kappa shape index (κ2) is 10.8. The number of likely N-dealkylation sites (tertiary alicyclic amines) is 1. The molecular weight excluding hydrogens is 224 g/mol. The Labute approximate surface area is 113 Å². The largest absolute Gasteiger partial charge is 0.380 e. The molecular formula is C15H32N2O. The molecule has 3 heteroatoms. The molecule has 1 aliphatic heterocycles. The summed E-state index contributed by atoms with van der Waals surface area (Å²) in [6, 6.07) is 0. The van der Waals surface area contributed by atoms with Crippen molar-refractivity contribution in [2.75, 3.05) is 45.9 Å². The predicted molar refractivity (Wildman–Crippen MR) is 78.1 cm³/mol. The van der Waals surface area contributed by atoms with Crippen molar-refractivity contribution >= 4 is 0 Å². The minimum absolute atomic E-state index is 0.897. The highest BCUT2D eigenvalue weighted by Crippen LogP contribution is 2.15. The normalized spacial score (nSPS) is 18.3. The zero-order valence-corrected chi connectivity index (χ0v) is 12.4. The highest BCUT2D eigenvalue weighted by atomic mass is 16.5. The summed E-state index contributed by atoms with van der Waals surface area (Å²) in [4.78, 5) is 2.56. The lowest BCUT2D eigenvalue weighted by atomic mass is 9.97. The van der Waals surface area contributed by atoms with E-state index < -0.39 is 0 Å². The predicted octanol–water partition coefficient (Wildman–Crippen LogP) is 2.51. The summed E-state index contributed by atoms with van der Waals surface area (Å²) < 4.78 is 5.63. The molecule has 3 nitrogen and oxygen atoms in total. The summed E-state index contributed by atoms with van der Waals surface area (Å²) in [5.74, 6) is 0.897. The minimum atomic E-state index is 0.897. The van der Waals surface area contributed by atoms with Crippen molar-refractivity contribution in [2.45, 2.75) is 46.0 Å². The second-order valence-corrected chi connectivity index (χ2v) is 5.46. The first-order valence-electron chi connectivity index (χ1n) is 7.87. The Kier molecular flexibility index (Phi) is 9.54. The van der Waals surface area contributed by atoms with E-state index in [-0.39, 0.29) is 0 Å². The molecule has 18 heavy (non-hydrogen) atoms. The van der Waals surface area contributed by atoms with Crippen LogP contribution in [0.15, 0.2) is 0 Å². The molecule has 1 heterocycles. The van der Waals surface area contributed by atoms with Crippen LogP contribution in [0.3, 0.4) is 0 Å². The van der Waals surface area contributed by atoms with Gasteiger partial charge in [0, 0.05) is 13.2 Å². The molecule has 0 amide bonds. The van der Waals surface area contributed by atoms with Crippen LogP contribution in [0, 0.1) is 5.92 Å². The Morgan fingerprint density at radius 2 is 1.89 bits per heavy atom. The second-order valence-electron chi connectivity index (χ2n) is 5.46. The van der Waals surface area contributed by atoms with Gasteiger partial charge in [0.05, 0.1) is 6.61 Å². The molecule has 0 spiro atoms. The maximum Gasteiger partial charge on any atom is 0.0593 e. The van der Waals surface area contributed by atoms with E-state index in [2.05, 4.69) is 24.1 Å². The number of ether oxygens (including phenoxy) is 1. The van der Waals surface area contributed by atoms with Gasteiger partial charge in [0.2, 0.25) is 0 Å². The van der Waals surface area contributed by atoms with E-state index in [0.717, 1.165) is 25.7 Å². The summed E-state index contributed by atoms with van der Waals surface area (Å²) >= 11 is 0. The molecule has 108 valence electrons. The molecule has 1 aliphatic rings. The van der Waals surface area contributed by atoms with Gasteiger partial charge in [-0.25, -0.2) is 0 Å². The molecule has 0 unspecified atom stereocenters. The van der Waals surface area contributed by atoms with Gasteiger partial charge in [-0.3, -0.25) is 0 Å². The van der Waals surface area contributed by atoms with Crippen molar-refractivity contribution in [1.29, 1.82) is 0 Å². The zero-order chi connectivity index (χ0) is 13.1. The van der Waals surface area contributed by atoms with Crippen LogP contribution in [-0.2, 0) is 4.74 Å². The van der Waals surface area contributed by atoms with Gasteiger partial charge < -0.3 is 15.0 Å². The van der Waals surface area contributed by atoms with Crippen LogP contribution in [0.1, 0.15) is 46.0 Å². The smallest absolute Gasteiger partial charge is 0.0593 e. The van der Waals surface area contributed by atoms with Gasteiger partial charge in [-0.2, -0.15) is 0 Å². The first-order chi connectivity index (χ1) is 8.86. The van der Waals surface area contributed by atoms with E-state index >= 15 is 0 Å². The van der Waals surface area contributed by atoms with Crippen LogP contribution in [-0.4, -0.2) is 50.8 Å². The molecule has 0 aromatic carbocycles. The fourth-order valence-corrected chi connectivity index (χ4v) is 2.44. The molecule has 0 saturated carbocycles. The number of unbranched alkanes of at least 4 members (excludes halogenated alkanes) is 1. The first kappa shape index (κ1) is 15.9. The standard InChI is InChI=1S/C15H32N2O/c1-3-5-12-18-13-11-17-9-6-15(7-10-17)14-16-8-4-2/h15-16H,3-14H2,1-2H3. The Hall–Kier alpha value is -0.120. The average Bonchev–Trinajstić information content (AvgIpc) is 2.40. The van der Waals surface area contributed by atoms with Crippen LogP contribution >= 0.6 is 0 Å². The summed E-state index contributed by atoms with van der Waals surface area (Å²) in [6.07, 6.45) is 6.38. The number of rotatable bonds is 10. The van der Waals surface area contributed by atoms with Crippen LogP contribution in [0.25, 0.3) is 0 Å². The maximum absolute atomic E-state index is 5.63. The molecule has 0 bridgehead atoms. The van der Waals surface area contributed by atoms with E-state index in [1.807, 2.05) is 0 Å². The topological polar surface area (TPSA) is 24.5 Å². The third kappa shape index (κ3) is 7.34. The van der Waals surface area contributed by atoms with Crippen LogP contribution in [0.4, 0.5) is 0 Å². The molecule has 0 aromatic rings.